The molecule has 2 fully saturated rings. The van der Waals surface area contributed by atoms with E-state index in [2.05, 4.69) is 5.32 Å². The first-order chi connectivity index (χ1) is 16.4. The lowest BCUT2D eigenvalue weighted by Crippen LogP contribution is -2.37. The molecular formula is C25H30FN3O4S. The molecule has 2 aromatic carbocycles. The Bertz CT molecular complexity index is 1170. The largest absolute Gasteiger partial charge is 0.487 e. The van der Waals surface area contributed by atoms with Crippen LogP contribution in [0.15, 0.2) is 36.4 Å². The highest BCUT2D eigenvalue weighted by Gasteiger charge is 2.39. The van der Waals surface area contributed by atoms with Gasteiger partial charge in [0.2, 0.25) is 0 Å². The number of fused-ring (bicyclic) bond motifs is 1. The van der Waals surface area contributed by atoms with Gasteiger partial charge in [-0.3, -0.25) is 4.79 Å². The first-order valence-corrected chi connectivity index (χ1v) is 13.4. The van der Waals surface area contributed by atoms with E-state index in [0.717, 1.165) is 40.7 Å². The SMILES string of the molecule is O=C1CN(c2c(OCc3ccccc3)cc3c(c2F)CC(NCCC2CCC2)CC3)S(=O)(=O)N1. The van der Waals surface area contributed by atoms with Crippen LogP contribution in [0.4, 0.5) is 10.1 Å². The van der Waals surface area contributed by atoms with Crippen molar-refractivity contribution >= 4 is 21.8 Å². The molecule has 1 saturated carbocycles. The molecule has 7 nitrogen and oxygen atoms in total. The maximum Gasteiger partial charge on any atom is 0.326 e. The zero-order chi connectivity index (χ0) is 23.7. The molecule has 5 rings (SSSR count). The lowest BCUT2D eigenvalue weighted by molar-refractivity contribution is -0.117. The van der Waals surface area contributed by atoms with Crippen molar-refractivity contribution in [2.75, 3.05) is 17.4 Å². The van der Waals surface area contributed by atoms with Crippen LogP contribution >= 0.6 is 0 Å². The van der Waals surface area contributed by atoms with Crippen LogP contribution in [0.5, 0.6) is 5.75 Å². The van der Waals surface area contributed by atoms with Gasteiger partial charge in [-0.1, -0.05) is 49.6 Å². The van der Waals surface area contributed by atoms with Gasteiger partial charge < -0.3 is 10.1 Å². The molecule has 1 heterocycles. The number of hydrogen-bond acceptors (Lipinski definition) is 5. The fourth-order valence-corrected chi connectivity index (χ4v) is 6.16. The molecule has 1 amide bonds. The number of halogens is 1. The van der Waals surface area contributed by atoms with Gasteiger partial charge in [0, 0.05) is 6.04 Å². The van der Waals surface area contributed by atoms with Crippen molar-refractivity contribution < 1.29 is 22.3 Å². The topological polar surface area (TPSA) is 87.7 Å². The fourth-order valence-electron chi connectivity index (χ4n) is 5.00. The summed E-state index contributed by atoms with van der Waals surface area (Å²) in [6, 6.07) is 11.3. The first kappa shape index (κ1) is 23.1. The Kier molecular flexibility index (Phi) is 6.48. The molecule has 2 aromatic rings. The Balaban J connectivity index is 1.42. The monoisotopic (exact) mass is 487 g/mol. The Morgan fingerprint density at radius 2 is 1.97 bits per heavy atom. The minimum atomic E-state index is -4.18. The predicted octanol–water partition coefficient (Wildman–Crippen LogP) is 3.22. The number of benzene rings is 2. The maximum atomic E-state index is 16.0. The Labute approximate surface area is 199 Å². The molecular weight excluding hydrogens is 457 g/mol. The van der Waals surface area contributed by atoms with Gasteiger partial charge >= 0.3 is 10.2 Å². The fraction of sp³-hybridized carbons (Fsp3) is 0.480. The highest BCUT2D eigenvalue weighted by atomic mass is 32.2. The van der Waals surface area contributed by atoms with Crippen LogP contribution in [0.1, 0.15) is 48.8 Å². The van der Waals surface area contributed by atoms with E-state index in [1.807, 2.05) is 35.1 Å². The maximum absolute atomic E-state index is 16.0. The number of nitrogens with one attached hydrogen (secondary N) is 2. The van der Waals surface area contributed by atoms with Gasteiger partial charge in [0.05, 0.1) is 0 Å². The van der Waals surface area contributed by atoms with E-state index in [0.29, 0.717) is 18.4 Å². The lowest BCUT2D eigenvalue weighted by atomic mass is 9.82. The molecule has 0 aromatic heterocycles. The standard InChI is InChI=1S/C25H30FN3O4S/c26-24-21-14-20(27-12-11-17-7-4-8-17)10-9-19(21)13-22(33-16-18-5-2-1-3-6-18)25(24)29-15-23(30)28-34(29,31)32/h1-3,5-6,13,17,20,27H,4,7-12,14-16H2,(H,28,30). The van der Waals surface area contributed by atoms with Crippen molar-refractivity contribution in [1.82, 2.24) is 10.0 Å². The number of ether oxygens (including phenoxy) is 1. The molecule has 0 radical (unpaired) electrons. The van der Waals surface area contributed by atoms with E-state index in [-0.39, 0.29) is 24.1 Å². The normalized spacial score (nSPS) is 21.6. The molecule has 1 saturated heterocycles. The zero-order valence-electron chi connectivity index (χ0n) is 19.1. The van der Waals surface area contributed by atoms with Crippen LogP contribution in [0.25, 0.3) is 0 Å². The summed E-state index contributed by atoms with van der Waals surface area (Å²) in [5.41, 5.74) is 2.02. The molecule has 0 bridgehead atoms. The highest BCUT2D eigenvalue weighted by Crippen LogP contribution is 2.41. The zero-order valence-corrected chi connectivity index (χ0v) is 19.9. The molecule has 3 aliphatic rings. The van der Waals surface area contributed by atoms with Crippen LogP contribution in [0.3, 0.4) is 0 Å². The number of aryl methyl sites for hydroxylation is 1. The van der Waals surface area contributed by atoms with Crippen molar-refractivity contribution in [1.29, 1.82) is 0 Å². The summed E-state index contributed by atoms with van der Waals surface area (Å²) in [5, 5.41) is 3.57. The van der Waals surface area contributed by atoms with Crippen LogP contribution in [0, 0.1) is 11.7 Å². The van der Waals surface area contributed by atoms with Crippen molar-refractivity contribution in [2.45, 2.75) is 57.6 Å². The second kappa shape index (κ2) is 9.54. The van der Waals surface area contributed by atoms with E-state index < -0.39 is 28.5 Å². The lowest BCUT2D eigenvalue weighted by Gasteiger charge is -2.30. The molecule has 9 heteroatoms. The number of hydrogen-bond donors (Lipinski definition) is 2. The molecule has 1 unspecified atom stereocenters. The molecule has 182 valence electrons. The van der Waals surface area contributed by atoms with E-state index in [4.69, 9.17) is 4.74 Å². The third-order valence-corrected chi connectivity index (χ3v) is 8.51. The Morgan fingerprint density at radius 1 is 1.18 bits per heavy atom. The number of nitrogens with zero attached hydrogens (tertiary/aromatic N) is 1. The molecule has 2 aliphatic carbocycles. The average molecular weight is 488 g/mol. The summed E-state index contributed by atoms with van der Waals surface area (Å²) in [4.78, 5) is 11.9. The van der Waals surface area contributed by atoms with Crippen molar-refractivity contribution in [3.05, 3.63) is 58.9 Å². The van der Waals surface area contributed by atoms with Gasteiger partial charge in [0.25, 0.3) is 5.91 Å². The van der Waals surface area contributed by atoms with E-state index in [1.54, 1.807) is 6.07 Å². The third-order valence-electron chi connectivity index (χ3n) is 7.13. The van der Waals surface area contributed by atoms with Crippen LogP contribution in [0.2, 0.25) is 0 Å². The van der Waals surface area contributed by atoms with Gasteiger partial charge in [-0.25, -0.2) is 13.4 Å². The van der Waals surface area contributed by atoms with Crippen molar-refractivity contribution in [2.24, 2.45) is 5.92 Å². The second-order valence-corrected chi connectivity index (χ2v) is 11.1. The Morgan fingerprint density at radius 3 is 2.65 bits per heavy atom. The number of anilines is 1. The number of carbonyl (C=O) groups excluding carboxylic acids is 1. The summed E-state index contributed by atoms with van der Waals surface area (Å²) < 4.78 is 49.8. The van der Waals surface area contributed by atoms with E-state index in [1.165, 1.54) is 19.3 Å². The van der Waals surface area contributed by atoms with Gasteiger partial charge in [-0.2, -0.15) is 8.42 Å². The quantitative estimate of drug-likeness (QED) is 0.597. The van der Waals surface area contributed by atoms with Gasteiger partial charge in [-0.05, 0) is 60.9 Å². The molecule has 1 atom stereocenters. The van der Waals surface area contributed by atoms with E-state index >= 15 is 4.39 Å². The smallest absolute Gasteiger partial charge is 0.326 e. The Hall–Kier alpha value is -2.65. The summed E-state index contributed by atoms with van der Waals surface area (Å²) in [7, 11) is -4.18. The number of carbonyl (C=O) groups is 1. The second-order valence-electron chi connectivity index (χ2n) is 9.47. The first-order valence-electron chi connectivity index (χ1n) is 12.0. The van der Waals surface area contributed by atoms with Crippen molar-refractivity contribution in [3.8, 4) is 5.75 Å². The van der Waals surface area contributed by atoms with Gasteiger partial charge in [0.1, 0.15) is 24.6 Å². The highest BCUT2D eigenvalue weighted by molar-refractivity contribution is 7.92. The summed E-state index contributed by atoms with van der Waals surface area (Å²) in [6.45, 7) is 0.603. The average Bonchev–Trinajstić information content (AvgIpc) is 3.06. The molecule has 34 heavy (non-hydrogen) atoms. The molecule has 1 aliphatic heterocycles. The minimum absolute atomic E-state index is 0.136. The number of rotatable bonds is 8. The van der Waals surface area contributed by atoms with Crippen LogP contribution in [-0.4, -0.2) is 33.5 Å². The third kappa shape index (κ3) is 4.77. The van der Waals surface area contributed by atoms with Crippen LogP contribution < -0.4 is 19.1 Å². The summed E-state index contributed by atoms with van der Waals surface area (Å²) >= 11 is 0. The van der Waals surface area contributed by atoms with Gasteiger partial charge in [0.15, 0.2) is 5.82 Å². The van der Waals surface area contributed by atoms with Gasteiger partial charge in [-0.15, -0.1) is 0 Å². The number of amides is 1. The molecule has 2 N–H and O–H groups in total. The summed E-state index contributed by atoms with van der Waals surface area (Å²) in [5.74, 6) is -0.370. The van der Waals surface area contributed by atoms with Crippen molar-refractivity contribution in [3.63, 3.8) is 0 Å². The minimum Gasteiger partial charge on any atom is -0.487 e. The van der Waals surface area contributed by atoms with Crippen LogP contribution in [-0.2, 0) is 34.5 Å². The van der Waals surface area contributed by atoms with E-state index in [9.17, 15) is 13.2 Å². The predicted molar refractivity (Wildman–Crippen MR) is 127 cm³/mol. The summed E-state index contributed by atoms with van der Waals surface area (Å²) in [6.07, 6.45) is 7.11. The molecule has 0 spiro atoms.